The molecule has 1 aromatic rings. The van der Waals surface area contributed by atoms with E-state index in [1.165, 1.54) is 12.1 Å². The van der Waals surface area contributed by atoms with Crippen molar-refractivity contribution in [1.82, 2.24) is 15.8 Å². The van der Waals surface area contributed by atoms with Gasteiger partial charge < -0.3 is 14.4 Å². The van der Waals surface area contributed by atoms with Gasteiger partial charge in [0.05, 0.1) is 12.1 Å². The van der Waals surface area contributed by atoms with Crippen LogP contribution in [0.4, 0.5) is 22.4 Å². The van der Waals surface area contributed by atoms with Crippen LogP contribution in [0.3, 0.4) is 0 Å². The summed E-state index contributed by atoms with van der Waals surface area (Å²) in [6, 6.07) is 4.47. The van der Waals surface area contributed by atoms with Crippen LogP contribution in [0.15, 0.2) is 24.3 Å². The molecule has 31 heavy (non-hydrogen) atoms. The third-order valence-electron chi connectivity index (χ3n) is 4.15. The fraction of sp³-hybridized carbons (Fsp3) is 0.526. The Labute approximate surface area is 175 Å². The summed E-state index contributed by atoms with van der Waals surface area (Å²) in [5.74, 6) is -3.18. The summed E-state index contributed by atoms with van der Waals surface area (Å²) in [5.41, 5.74) is -0.125. The zero-order chi connectivity index (χ0) is 23.4. The first-order chi connectivity index (χ1) is 14.2. The minimum Gasteiger partial charge on any atom is -0.444 e. The number of ether oxygens (including phenoxy) is 2. The number of hydrogen-bond donors (Lipinski definition) is 2. The molecule has 8 nitrogen and oxygen atoms in total. The number of likely N-dealkylation sites (tertiary alicyclic amines) is 1. The van der Waals surface area contributed by atoms with E-state index in [4.69, 9.17) is 4.74 Å². The highest BCUT2D eigenvalue weighted by molar-refractivity contribution is 5.98. The van der Waals surface area contributed by atoms with Crippen LogP contribution in [0.2, 0.25) is 0 Å². The van der Waals surface area contributed by atoms with E-state index in [2.05, 4.69) is 4.74 Å². The summed E-state index contributed by atoms with van der Waals surface area (Å²) in [5, 5.41) is 0. The maximum atomic E-state index is 15.2. The molecule has 3 amide bonds. The molecule has 1 aliphatic heterocycles. The number of alkyl halides is 4. The Morgan fingerprint density at radius 2 is 1.74 bits per heavy atom. The number of para-hydroxylation sites is 1. The first kappa shape index (κ1) is 24.2. The number of carbonyl (C=O) groups excluding carboxylic acids is 3. The molecule has 0 aromatic heterocycles. The van der Waals surface area contributed by atoms with Crippen molar-refractivity contribution in [2.45, 2.75) is 51.2 Å². The lowest BCUT2D eigenvalue weighted by molar-refractivity contribution is -0.274. The second-order valence-electron chi connectivity index (χ2n) is 7.92. The van der Waals surface area contributed by atoms with Gasteiger partial charge in [-0.3, -0.25) is 20.4 Å². The zero-order valence-electron chi connectivity index (χ0n) is 17.1. The standard InChI is InChI=1S/C19H23F4N3O5/c1-17(2,3)31-16(29)26-10-6-9-18(20,11-26)15(28)25-24-14(27)12-7-4-5-8-13(12)30-19(21,22)23/h4-5,7-8H,6,9-11H2,1-3H3,(H,24,27)(H,25,28). The molecule has 1 fully saturated rings. The van der Waals surface area contributed by atoms with Crippen molar-refractivity contribution in [3.05, 3.63) is 29.8 Å². The zero-order valence-corrected chi connectivity index (χ0v) is 17.1. The third kappa shape index (κ3) is 7.00. The third-order valence-corrected chi connectivity index (χ3v) is 4.15. The van der Waals surface area contributed by atoms with Gasteiger partial charge in [-0.15, -0.1) is 13.2 Å². The van der Waals surface area contributed by atoms with Crippen LogP contribution < -0.4 is 15.6 Å². The van der Waals surface area contributed by atoms with Crippen LogP contribution in [0.5, 0.6) is 5.75 Å². The van der Waals surface area contributed by atoms with E-state index in [9.17, 15) is 27.6 Å². The Morgan fingerprint density at radius 3 is 2.35 bits per heavy atom. The Bertz CT molecular complexity index is 841. The maximum Gasteiger partial charge on any atom is 0.573 e. The highest BCUT2D eigenvalue weighted by Crippen LogP contribution is 2.28. The molecule has 172 valence electrons. The van der Waals surface area contributed by atoms with Gasteiger partial charge in [0, 0.05) is 6.54 Å². The summed E-state index contributed by atoms with van der Waals surface area (Å²) >= 11 is 0. The van der Waals surface area contributed by atoms with Gasteiger partial charge in [-0.2, -0.15) is 0 Å². The SMILES string of the molecule is CC(C)(C)OC(=O)N1CCCC(F)(C(=O)NNC(=O)c2ccccc2OC(F)(F)F)C1. The van der Waals surface area contributed by atoms with E-state index in [1.807, 2.05) is 10.9 Å². The lowest BCUT2D eigenvalue weighted by Gasteiger charge is -2.36. The van der Waals surface area contributed by atoms with E-state index >= 15 is 4.39 Å². The van der Waals surface area contributed by atoms with Crippen molar-refractivity contribution in [1.29, 1.82) is 0 Å². The smallest absolute Gasteiger partial charge is 0.444 e. The van der Waals surface area contributed by atoms with E-state index in [0.29, 0.717) is 0 Å². The van der Waals surface area contributed by atoms with Crippen LogP contribution >= 0.6 is 0 Å². The normalized spacial score (nSPS) is 19.4. The Kier molecular flexibility index (Phi) is 7.02. The van der Waals surface area contributed by atoms with Gasteiger partial charge in [-0.25, -0.2) is 9.18 Å². The topological polar surface area (TPSA) is 97.0 Å². The lowest BCUT2D eigenvalue weighted by atomic mass is 9.94. The van der Waals surface area contributed by atoms with Crippen molar-refractivity contribution >= 4 is 17.9 Å². The van der Waals surface area contributed by atoms with Crippen LogP contribution in [0.25, 0.3) is 0 Å². The van der Waals surface area contributed by atoms with Gasteiger partial charge in [0.25, 0.3) is 11.8 Å². The number of carbonyl (C=O) groups is 3. The number of amides is 3. The van der Waals surface area contributed by atoms with Crippen LogP contribution in [-0.4, -0.2) is 53.5 Å². The number of halogens is 4. The Hall–Kier alpha value is -3.05. The summed E-state index contributed by atoms with van der Waals surface area (Å²) in [6.07, 6.45) is -5.87. The molecule has 2 N–H and O–H groups in total. The second-order valence-corrected chi connectivity index (χ2v) is 7.92. The van der Waals surface area contributed by atoms with Crippen molar-refractivity contribution in [3.63, 3.8) is 0 Å². The monoisotopic (exact) mass is 449 g/mol. The first-order valence-electron chi connectivity index (χ1n) is 9.33. The first-order valence-corrected chi connectivity index (χ1v) is 9.33. The molecule has 2 rings (SSSR count). The molecule has 0 spiro atoms. The van der Waals surface area contributed by atoms with Crippen LogP contribution in [0, 0.1) is 0 Å². The fourth-order valence-corrected chi connectivity index (χ4v) is 2.84. The maximum absolute atomic E-state index is 15.2. The van der Waals surface area contributed by atoms with E-state index in [1.54, 1.807) is 20.8 Å². The van der Waals surface area contributed by atoms with Gasteiger partial charge >= 0.3 is 12.5 Å². The second kappa shape index (κ2) is 8.98. The molecule has 0 radical (unpaired) electrons. The number of benzene rings is 1. The van der Waals surface area contributed by atoms with Gasteiger partial charge in [0.15, 0.2) is 0 Å². The Balaban J connectivity index is 2.02. The summed E-state index contributed by atoms with van der Waals surface area (Å²) in [4.78, 5) is 37.7. The number of nitrogens with zero attached hydrogens (tertiary/aromatic N) is 1. The minimum absolute atomic E-state index is 0.166. The van der Waals surface area contributed by atoms with Crippen molar-refractivity contribution in [3.8, 4) is 5.75 Å². The molecular formula is C19H23F4N3O5. The molecule has 1 aliphatic rings. The number of rotatable bonds is 3. The Morgan fingerprint density at radius 1 is 1.10 bits per heavy atom. The molecule has 12 heteroatoms. The van der Waals surface area contributed by atoms with Gasteiger partial charge in [0.2, 0.25) is 5.67 Å². The predicted molar refractivity (Wildman–Crippen MR) is 99.6 cm³/mol. The highest BCUT2D eigenvalue weighted by atomic mass is 19.4. The number of hydrogen-bond acceptors (Lipinski definition) is 5. The van der Waals surface area contributed by atoms with E-state index in [-0.39, 0.29) is 19.4 Å². The van der Waals surface area contributed by atoms with Crippen molar-refractivity contribution < 1.29 is 41.4 Å². The molecule has 1 saturated heterocycles. The predicted octanol–water partition coefficient (Wildman–Crippen LogP) is 3.09. The van der Waals surface area contributed by atoms with Gasteiger partial charge in [-0.05, 0) is 45.7 Å². The number of piperidine rings is 1. The molecule has 1 atom stereocenters. The van der Waals surface area contributed by atoms with Gasteiger partial charge in [0.1, 0.15) is 11.4 Å². The highest BCUT2D eigenvalue weighted by Gasteiger charge is 2.45. The molecule has 0 bridgehead atoms. The van der Waals surface area contributed by atoms with Crippen molar-refractivity contribution in [2.24, 2.45) is 0 Å². The molecular weight excluding hydrogens is 426 g/mol. The average molecular weight is 449 g/mol. The van der Waals surface area contributed by atoms with E-state index in [0.717, 1.165) is 17.0 Å². The van der Waals surface area contributed by atoms with Gasteiger partial charge in [-0.1, -0.05) is 12.1 Å². The molecule has 0 aliphatic carbocycles. The van der Waals surface area contributed by atoms with E-state index < -0.39 is 53.4 Å². The quantitative estimate of drug-likeness (QED) is 0.546. The summed E-state index contributed by atoms with van der Waals surface area (Å²) in [7, 11) is 0. The molecule has 1 unspecified atom stereocenters. The van der Waals surface area contributed by atoms with Crippen LogP contribution in [0.1, 0.15) is 44.0 Å². The average Bonchev–Trinajstić information content (AvgIpc) is 2.63. The largest absolute Gasteiger partial charge is 0.573 e. The minimum atomic E-state index is -5.03. The molecule has 0 saturated carbocycles. The summed E-state index contributed by atoms with van der Waals surface area (Å²) < 4.78 is 61.6. The summed E-state index contributed by atoms with van der Waals surface area (Å²) in [6.45, 7) is 4.50. The molecule has 1 aromatic carbocycles. The lowest BCUT2D eigenvalue weighted by Crippen LogP contribution is -2.59. The fourth-order valence-electron chi connectivity index (χ4n) is 2.84. The number of hydrazine groups is 1. The van der Waals surface area contributed by atoms with Crippen LogP contribution in [-0.2, 0) is 9.53 Å². The molecule has 1 heterocycles. The van der Waals surface area contributed by atoms with Crippen molar-refractivity contribution in [2.75, 3.05) is 13.1 Å². The number of nitrogens with one attached hydrogen (secondary N) is 2.